The topological polar surface area (TPSA) is 116 Å². The van der Waals surface area contributed by atoms with Crippen LogP contribution in [0.4, 0.5) is 10.1 Å². The van der Waals surface area contributed by atoms with Crippen molar-refractivity contribution in [2.45, 2.75) is 39.5 Å². The highest BCUT2D eigenvalue weighted by Gasteiger charge is 2.23. The van der Waals surface area contributed by atoms with E-state index < -0.39 is 24.2 Å². The molecule has 4 rings (SSSR count). The maximum absolute atomic E-state index is 14.1. The first-order valence-electron chi connectivity index (χ1n) is 12.5. The molecule has 10 heteroatoms. The van der Waals surface area contributed by atoms with Crippen molar-refractivity contribution in [2.24, 2.45) is 11.7 Å². The summed E-state index contributed by atoms with van der Waals surface area (Å²) in [6.07, 6.45) is 9.09. The molecular weight excluding hydrogens is 499 g/mol. The monoisotopic (exact) mass is 530 g/mol. The number of hydrogen-bond acceptors (Lipinski definition) is 7. The molecular formula is C29H31FN6O3. The number of nitrogens with zero attached hydrogens (tertiary/aromatic N) is 5. The fraction of sp³-hybridized carbons (Fsp3) is 0.276. The first-order valence-corrected chi connectivity index (χ1v) is 12.5. The van der Waals surface area contributed by atoms with Gasteiger partial charge in [-0.05, 0) is 49.1 Å². The molecule has 0 fully saturated rings. The van der Waals surface area contributed by atoms with E-state index in [1.807, 2.05) is 26.0 Å². The molecule has 1 amide bonds. The van der Waals surface area contributed by atoms with Crippen LogP contribution in [0.2, 0.25) is 0 Å². The Hall–Kier alpha value is -4.44. The van der Waals surface area contributed by atoms with E-state index in [9.17, 15) is 14.0 Å². The molecule has 0 aliphatic heterocycles. The van der Waals surface area contributed by atoms with Gasteiger partial charge >= 0.3 is 5.97 Å². The number of carbonyl (C=O) groups excluding carboxylic acids is 2. The molecule has 0 saturated carbocycles. The lowest BCUT2D eigenvalue weighted by atomic mass is 10.0. The second kappa shape index (κ2) is 11.5. The number of halogens is 1. The molecule has 39 heavy (non-hydrogen) atoms. The summed E-state index contributed by atoms with van der Waals surface area (Å²) in [5.74, 6) is -1.15. The highest BCUT2D eigenvalue weighted by Crippen LogP contribution is 2.35. The molecule has 0 saturated heterocycles. The Kier molecular flexibility index (Phi) is 8.15. The summed E-state index contributed by atoms with van der Waals surface area (Å²) >= 11 is 0. The summed E-state index contributed by atoms with van der Waals surface area (Å²) in [7, 11) is 1.64. The third-order valence-electron chi connectivity index (χ3n) is 6.36. The molecule has 0 aromatic carbocycles. The van der Waals surface area contributed by atoms with Gasteiger partial charge in [0.05, 0.1) is 11.9 Å². The number of rotatable bonds is 9. The van der Waals surface area contributed by atoms with Crippen molar-refractivity contribution in [1.29, 1.82) is 0 Å². The number of aromatic nitrogens is 4. The first kappa shape index (κ1) is 27.6. The molecule has 4 aromatic rings. The van der Waals surface area contributed by atoms with Crippen molar-refractivity contribution in [3.63, 3.8) is 0 Å². The fourth-order valence-corrected chi connectivity index (χ4v) is 4.32. The number of carbonyl (C=O) groups is 2. The summed E-state index contributed by atoms with van der Waals surface area (Å²) < 4.78 is 21.5. The lowest BCUT2D eigenvalue weighted by Crippen LogP contribution is -2.34. The zero-order chi connectivity index (χ0) is 28.3. The Bertz CT molecular complexity index is 1530. The third kappa shape index (κ3) is 6.01. The van der Waals surface area contributed by atoms with Gasteiger partial charge in [0.25, 0.3) is 0 Å². The predicted molar refractivity (Wildman–Crippen MR) is 148 cm³/mol. The quantitative estimate of drug-likeness (QED) is 0.186. The zero-order valence-corrected chi connectivity index (χ0v) is 22.3. The fourth-order valence-electron chi connectivity index (χ4n) is 4.32. The van der Waals surface area contributed by atoms with Gasteiger partial charge in [-0.25, -0.2) is 9.97 Å². The second-order valence-corrected chi connectivity index (χ2v) is 9.72. The van der Waals surface area contributed by atoms with Crippen LogP contribution in [0.15, 0.2) is 67.9 Å². The number of esters is 1. The molecule has 0 radical (unpaired) electrons. The predicted octanol–water partition coefficient (Wildman–Crippen LogP) is 4.88. The van der Waals surface area contributed by atoms with Crippen LogP contribution >= 0.6 is 0 Å². The van der Waals surface area contributed by atoms with Gasteiger partial charge in [0.1, 0.15) is 11.7 Å². The van der Waals surface area contributed by atoms with Crippen LogP contribution in [0.5, 0.6) is 0 Å². The lowest BCUT2D eigenvalue weighted by molar-refractivity contribution is -0.154. The van der Waals surface area contributed by atoms with Crippen molar-refractivity contribution < 1.29 is 18.7 Å². The minimum atomic E-state index is -0.742. The van der Waals surface area contributed by atoms with Gasteiger partial charge in [-0.1, -0.05) is 20.4 Å². The van der Waals surface area contributed by atoms with Gasteiger partial charge in [-0.2, -0.15) is 4.39 Å². The largest absolute Gasteiger partial charge is 0.440 e. The lowest BCUT2D eigenvalue weighted by Gasteiger charge is -2.19. The minimum absolute atomic E-state index is 0.242. The Morgan fingerprint density at radius 3 is 2.56 bits per heavy atom. The molecule has 2 atom stereocenters. The summed E-state index contributed by atoms with van der Waals surface area (Å²) in [5.41, 5.74) is 9.87. The molecule has 4 aromatic heterocycles. The number of fused-ring (bicyclic) bond motifs is 1. The van der Waals surface area contributed by atoms with Crippen molar-refractivity contribution in [3.05, 3.63) is 73.9 Å². The maximum Gasteiger partial charge on any atom is 0.324 e. The number of ether oxygens (including phenoxy) is 1. The zero-order valence-electron chi connectivity index (χ0n) is 22.3. The molecule has 0 bridgehead atoms. The second-order valence-electron chi connectivity index (χ2n) is 9.72. The van der Waals surface area contributed by atoms with Gasteiger partial charge in [-0.3, -0.25) is 19.1 Å². The van der Waals surface area contributed by atoms with E-state index >= 15 is 0 Å². The smallest absolute Gasteiger partial charge is 0.324 e. The minimum Gasteiger partial charge on any atom is -0.440 e. The number of likely N-dealkylation sites (N-methyl/N-ethyl adjacent to an activating group) is 1. The van der Waals surface area contributed by atoms with Crippen molar-refractivity contribution in [3.8, 4) is 22.3 Å². The molecule has 0 aliphatic rings. The van der Waals surface area contributed by atoms with Crippen molar-refractivity contribution in [2.75, 3.05) is 11.9 Å². The van der Waals surface area contributed by atoms with E-state index in [1.54, 1.807) is 49.4 Å². The van der Waals surface area contributed by atoms with Crippen LogP contribution in [0.1, 0.15) is 33.4 Å². The first-order chi connectivity index (χ1) is 18.6. The number of anilines is 1. The van der Waals surface area contributed by atoms with Gasteiger partial charge in [-0.15, -0.1) is 0 Å². The Balaban J connectivity index is 1.79. The number of nitrogens with two attached hydrogens (primary N) is 1. The van der Waals surface area contributed by atoms with E-state index in [-0.39, 0.29) is 11.8 Å². The van der Waals surface area contributed by atoms with E-state index in [1.165, 1.54) is 23.2 Å². The number of amides is 1. The molecule has 0 spiro atoms. The Labute approximate surface area is 226 Å². The number of pyridine rings is 3. The molecule has 1 unspecified atom stereocenters. The van der Waals surface area contributed by atoms with Gasteiger partial charge in [0, 0.05) is 60.0 Å². The van der Waals surface area contributed by atoms with E-state index in [0.717, 1.165) is 11.1 Å². The number of hydrogen-bond donors (Lipinski definition) is 1. The third-order valence-corrected chi connectivity index (χ3v) is 6.36. The van der Waals surface area contributed by atoms with E-state index in [4.69, 9.17) is 10.5 Å². The molecule has 4 heterocycles. The molecule has 2 N–H and O–H groups in total. The Morgan fingerprint density at radius 1 is 1.13 bits per heavy atom. The van der Waals surface area contributed by atoms with Crippen LogP contribution in [-0.4, -0.2) is 44.5 Å². The van der Waals surface area contributed by atoms with Crippen LogP contribution in [0.3, 0.4) is 0 Å². The standard InChI is InChI=1S/C29H31FN6O3/c1-6-27(37)35(5)22-10-20(13-32-15-22)21-11-23-24(19-7-8-33-26(30)12-19)16-36(28(23)34-14-21)18(4)39-29(38)25(31)9-17(2)3/h6-8,10-18,25H,1,9,31H2,2-5H3/t18?,25-/m0/s1. The molecule has 0 aliphatic carbocycles. The van der Waals surface area contributed by atoms with Crippen molar-refractivity contribution >= 4 is 28.6 Å². The van der Waals surface area contributed by atoms with Crippen molar-refractivity contribution in [1.82, 2.24) is 19.5 Å². The van der Waals surface area contributed by atoms with Gasteiger partial charge < -0.3 is 15.4 Å². The van der Waals surface area contributed by atoms with Crippen LogP contribution < -0.4 is 10.6 Å². The van der Waals surface area contributed by atoms with E-state index in [0.29, 0.717) is 34.3 Å². The summed E-state index contributed by atoms with van der Waals surface area (Å²) in [6, 6.07) is 6.01. The molecule has 9 nitrogen and oxygen atoms in total. The maximum atomic E-state index is 14.1. The Morgan fingerprint density at radius 2 is 1.87 bits per heavy atom. The summed E-state index contributed by atoms with van der Waals surface area (Å²) in [5, 5.41) is 0.702. The van der Waals surface area contributed by atoms with Gasteiger partial charge in [0.15, 0.2) is 6.23 Å². The summed E-state index contributed by atoms with van der Waals surface area (Å²) in [6.45, 7) is 9.23. The van der Waals surface area contributed by atoms with E-state index in [2.05, 4.69) is 21.5 Å². The SMILES string of the molecule is C=CC(=O)N(C)c1cncc(-c2cnc3c(c2)c(-c2ccnc(F)c2)cn3C(C)OC(=O)[C@@H](N)CC(C)C)c1. The average Bonchev–Trinajstić information content (AvgIpc) is 3.31. The van der Waals surface area contributed by atoms with Gasteiger partial charge in [0.2, 0.25) is 11.9 Å². The van der Waals surface area contributed by atoms with Crippen LogP contribution in [0, 0.1) is 11.9 Å². The normalized spacial score (nSPS) is 12.8. The molecule has 202 valence electrons. The summed E-state index contributed by atoms with van der Waals surface area (Å²) in [4.78, 5) is 38.8. The highest BCUT2D eigenvalue weighted by atomic mass is 19.1. The highest BCUT2D eigenvalue weighted by molar-refractivity contribution is 6.01. The van der Waals surface area contributed by atoms with Crippen LogP contribution in [0.25, 0.3) is 33.3 Å². The van der Waals surface area contributed by atoms with Crippen LogP contribution in [-0.2, 0) is 14.3 Å². The average molecular weight is 531 g/mol.